The minimum Gasteiger partial charge on any atom is -0.501 e. The van der Waals surface area contributed by atoms with Crippen LogP contribution >= 0.6 is 11.3 Å². The Balaban J connectivity index is 1.86. The van der Waals surface area contributed by atoms with Crippen molar-refractivity contribution in [2.45, 2.75) is 12.8 Å². The number of benzene rings is 1. The second-order valence-corrected chi connectivity index (χ2v) is 7.20. The molecule has 0 spiro atoms. The molecule has 0 unspecified atom stereocenters. The van der Waals surface area contributed by atoms with Gasteiger partial charge in [-0.1, -0.05) is 24.3 Å². The molecule has 0 aliphatic rings. The fraction of sp³-hybridized carbons (Fsp3) is 0.150. The van der Waals surface area contributed by atoms with E-state index >= 15 is 0 Å². The van der Waals surface area contributed by atoms with Crippen LogP contribution in [0.2, 0.25) is 0 Å². The Hall–Kier alpha value is -3.99. The van der Waals surface area contributed by atoms with Crippen LogP contribution in [0.25, 0.3) is 21.8 Å². The molecule has 1 amide bonds. The quantitative estimate of drug-likeness (QED) is 0.405. The zero-order valence-electron chi connectivity index (χ0n) is 16.2. The topological polar surface area (TPSA) is 159 Å². The molecule has 160 valence electrons. The van der Waals surface area contributed by atoms with E-state index < -0.39 is 34.8 Å². The van der Waals surface area contributed by atoms with Crippen LogP contribution in [-0.2, 0) is 14.3 Å². The summed E-state index contributed by atoms with van der Waals surface area (Å²) in [5.74, 6) is -3.15. The van der Waals surface area contributed by atoms with Crippen molar-refractivity contribution in [1.29, 1.82) is 0 Å². The predicted octanol–water partition coefficient (Wildman–Crippen LogP) is 2.46. The van der Waals surface area contributed by atoms with E-state index in [1.807, 2.05) is 0 Å². The number of hydrogen-bond donors (Lipinski definition) is 4. The fourth-order valence-electron chi connectivity index (χ4n) is 2.69. The third-order valence-corrected chi connectivity index (χ3v) is 5.16. The van der Waals surface area contributed by atoms with Crippen LogP contribution in [-0.4, -0.2) is 45.1 Å². The second-order valence-electron chi connectivity index (χ2n) is 6.29. The third-order valence-electron chi connectivity index (χ3n) is 4.20. The van der Waals surface area contributed by atoms with Gasteiger partial charge in [-0.05, 0) is 17.0 Å². The SMILES string of the molecule is COC(=O)c1nc(-c2ccc(-c3sccc3NC(=O)CCC(=O)O)cc2)[nH]c(=O)c1O. The smallest absolute Gasteiger partial charge is 0.360 e. The number of carboxylic acid groups (broad SMARTS) is 1. The Morgan fingerprint density at radius 1 is 1.13 bits per heavy atom. The number of thiophene rings is 1. The highest BCUT2D eigenvalue weighted by Crippen LogP contribution is 2.34. The molecule has 31 heavy (non-hydrogen) atoms. The number of rotatable bonds is 7. The number of anilines is 1. The van der Waals surface area contributed by atoms with Crippen molar-refractivity contribution in [3.05, 3.63) is 51.8 Å². The number of esters is 1. The van der Waals surface area contributed by atoms with Crippen molar-refractivity contribution in [2.24, 2.45) is 0 Å². The number of aromatic amines is 1. The van der Waals surface area contributed by atoms with Crippen LogP contribution in [0.4, 0.5) is 5.69 Å². The maximum Gasteiger partial charge on any atom is 0.360 e. The van der Waals surface area contributed by atoms with Crippen LogP contribution in [0.1, 0.15) is 23.3 Å². The lowest BCUT2D eigenvalue weighted by molar-refractivity contribution is -0.138. The largest absolute Gasteiger partial charge is 0.501 e. The summed E-state index contributed by atoms with van der Waals surface area (Å²) >= 11 is 1.39. The highest BCUT2D eigenvalue weighted by Gasteiger charge is 2.19. The summed E-state index contributed by atoms with van der Waals surface area (Å²) in [6.45, 7) is 0. The van der Waals surface area contributed by atoms with Crippen molar-refractivity contribution in [2.75, 3.05) is 12.4 Å². The van der Waals surface area contributed by atoms with Crippen LogP contribution in [0.3, 0.4) is 0 Å². The van der Waals surface area contributed by atoms with E-state index in [9.17, 15) is 24.3 Å². The molecule has 2 aromatic heterocycles. The van der Waals surface area contributed by atoms with Crippen molar-refractivity contribution >= 4 is 34.9 Å². The minimum absolute atomic E-state index is 0.0723. The Kier molecular flexibility index (Phi) is 6.46. The van der Waals surface area contributed by atoms with E-state index in [4.69, 9.17) is 5.11 Å². The third kappa shape index (κ3) is 4.95. The Morgan fingerprint density at radius 2 is 1.81 bits per heavy atom. The van der Waals surface area contributed by atoms with Crippen LogP contribution in [0.15, 0.2) is 40.5 Å². The minimum atomic E-state index is -1.05. The number of aromatic nitrogens is 2. The zero-order chi connectivity index (χ0) is 22.5. The highest BCUT2D eigenvalue weighted by atomic mass is 32.1. The molecule has 2 heterocycles. The predicted molar refractivity (Wildman–Crippen MR) is 112 cm³/mol. The Bertz CT molecular complexity index is 1200. The van der Waals surface area contributed by atoms with E-state index in [0.717, 1.165) is 17.6 Å². The number of nitrogens with one attached hydrogen (secondary N) is 2. The summed E-state index contributed by atoms with van der Waals surface area (Å²) in [5.41, 5.74) is 0.433. The van der Waals surface area contributed by atoms with Gasteiger partial charge in [0.15, 0.2) is 5.69 Å². The molecule has 3 rings (SSSR count). The summed E-state index contributed by atoms with van der Waals surface area (Å²) in [4.78, 5) is 53.3. The molecule has 1 aromatic carbocycles. The molecule has 0 radical (unpaired) electrons. The van der Waals surface area contributed by atoms with Gasteiger partial charge in [0.25, 0.3) is 5.56 Å². The first-order chi connectivity index (χ1) is 14.8. The van der Waals surface area contributed by atoms with Crippen molar-refractivity contribution in [3.8, 4) is 27.6 Å². The highest BCUT2D eigenvalue weighted by molar-refractivity contribution is 7.14. The van der Waals surface area contributed by atoms with E-state index in [-0.39, 0.29) is 18.7 Å². The molecule has 0 atom stereocenters. The van der Waals surface area contributed by atoms with Gasteiger partial charge in [0.1, 0.15) is 5.82 Å². The molecule has 0 fully saturated rings. The molecule has 4 N–H and O–H groups in total. The van der Waals surface area contributed by atoms with Gasteiger partial charge >= 0.3 is 11.9 Å². The molecule has 0 aliphatic heterocycles. The number of ether oxygens (including phenoxy) is 1. The Morgan fingerprint density at radius 3 is 2.45 bits per heavy atom. The van der Waals surface area contributed by atoms with Gasteiger partial charge in [-0.25, -0.2) is 9.78 Å². The maximum atomic E-state index is 11.9. The van der Waals surface area contributed by atoms with E-state index in [0.29, 0.717) is 11.3 Å². The van der Waals surface area contributed by atoms with Crippen molar-refractivity contribution < 1.29 is 29.3 Å². The molecule has 0 saturated heterocycles. The standard InChI is InChI=1S/C20H17N3O7S/c1-30-20(29)15-16(27)19(28)23-18(22-15)11-4-2-10(3-5-11)17-12(8-9-31-17)21-13(24)6-7-14(25)26/h2-5,8-9,27H,6-7H2,1H3,(H,21,24)(H,25,26)(H,22,23,28). The van der Waals surface area contributed by atoms with Crippen molar-refractivity contribution in [3.63, 3.8) is 0 Å². The van der Waals surface area contributed by atoms with Gasteiger partial charge < -0.3 is 25.3 Å². The lowest BCUT2D eigenvalue weighted by Gasteiger charge is -2.08. The first-order valence-electron chi connectivity index (χ1n) is 8.91. The summed E-state index contributed by atoms with van der Waals surface area (Å²) in [7, 11) is 1.11. The monoisotopic (exact) mass is 443 g/mol. The van der Waals surface area contributed by atoms with Gasteiger partial charge in [0.2, 0.25) is 11.7 Å². The van der Waals surface area contributed by atoms with Gasteiger partial charge in [0.05, 0.1) is 24.1 Å². The van der Waals surface area contributed by atoms with E-state index in [1.54, 1.807) is 35.7 Å². The summed E-state index contributed by atoms with van der Waals surface area (Å²) in [6, 6.07) is 8.49. The van der Waals surface area contributed by atoms with Gasteiger partial charge in [-0.3, -0.25) is 14.4 Å². The number of methoxy groups -OCH3 is 1. The molecule has 0 bridgehead atoms. The van der Waals surface area contributed by atoms with Crippen molar-refractivity contribution in [1.82, 2.24) is 9.97 Å². The van der Waals surface area contributed by atoms with Crippen LogP contribution in [0.5, 0.6) is 5.75 Å². The summed E-state index contributed by atoms with van der Waals surface area (Å²) < 4.78 is 4.53. The second kappa shape index (κ2) is 9.22. The fourth-order valence-corrected chi connectivity index (χ4v) is 3.54. The lowest BCUT2D eigenvalue weighted by atomic mass is 10.1. The molecule has 10 nitrogen and oxygen atoms in total. The molecule has 3 aromatic rings. The Labute approximate surface area is 179 Å². The average molecular weight is 443 g/mol. The number of aromatic hydroxyl groups is 1. The molecule has 11 heteroatoms. The van der Waals surface area contributed by atoms with Crippen LogP contribution in [0, 0.1) is 0 Å². The molecular formula is C20H17N3O7S. The van der Waals surface area contributed by atoms with Gasteiger partial charge in [-0.15, -0.1) is 11.3 Å². The molecule has 0 aliphatic carbocycles. The summed E-state index contributed by atoms with van der Waals surface area (Å²) in [6.07, 6.45) is -0.392. The zero-order valence-corrected chi connectivity index (χ0v) is 17.0. The number of carbonyl (C=O) groups is 3. The molecular weight excluding hydrogens is 426 g/mol. The number of carboxylic acids is 1. The van der Waals surface area contributed by atoms with E-state index in [1.165, 1.54) is 11.3 Å². The number of hydrogen-bond acceptors (Lipinski definition) is 8. The van der Waals surface area contributed by atoms with Gasteiger partial charge in [-0.2, -0.15) is 0 Å². The first-order valence-corrected chi connectivity index (χ1v) is 9.79. The number of amides is 1. The number of H-pyrrole nitrogens is 1. The first kappa shape index (κ1) is 21.7. The average Bonchev–Trinajstić information content (AvgIpc) is 3.21. The van der Waals surface area contributed by atoms with E-state index in [2.05, 4.69) is 20.0 Å². The van der Waals surface area contributed by atoms with Gasteiger partial charge in [0, 0.05) is 12.0 Å². The normalized spacial score (nSPS) is 10.5. The number of nitrogens with zero attached hydrogens (tertiary/aromatic N) is 1. The summed E-state index contributed by atoms with van der Waals surface area (Å²) in [5, 5.41) is 22.9. The van der Waals surface area contributed by atoms with Crippen LogP contribution < -0.4 is 10.9 Å². The number of aliphatic carboxylic acids is 1. The lowest BCUT2D eigenvalue weighted by Crippen LogP contribution is -2.16. The number of carbonyl (C=O) groups excluding carboxylic acids is 2. The molecule has 0 saturated carbocycles. The maximum absolute atomic E-state index is 11.9.